The summed E-state index contributed by atoms with van der Waals surface area (Å²) >= 11 is 0. The van der Waals surface area contributed by atoms with Crippen LogP contribution in [0.3, 0.4) is 0 Å². The summed E-state index contributed by atoms with van der Waals surface area (Å²) in [6.07, 6.45) is 10.4. The number of piperidine rings is 1. The first-order chi connectivity index (χ1) is 12.2. The number of amides is 1. The van der Waals surface area contributed by atoms with Gasteiger partial charge >= 0.3 is 0 Å². The molecule has 4 heterocycles. The predicted molar refractivity (Wildman–Crippen MR) is 97.2 cm³/mol. The second kappa shape index (κ2) is 6.64. The smallest absolute Gasteiger partial charge is 0.270 e. The molecule has 1 spiro atoms. The number of hydrogen-bond donors (Lipinski definition) is 0. The fourth-order valence-electron chi connectivity index (χ4n) is 4.55. The predicted octanol–water partition coefficient (Wildman–Crippen LogP) is 2.69. The maximum absolute atomic E-state index is 13.0. The number of aryl methyl sites for hydroxylation is 1. The van der Waals surface area contributed by atoms with Gasteiger partial charge in [0.1, 0.15) is 5.69 Å². The minimum absolute atomic E-state index is 0.134. The Kier molecular flexibility index (Phi) is 4.34. The highest BCUT2D eigenvalue weighted by Gasteiger charge is 2.44. The van der Waals surface area contributed by atoms with Crippen LogP contribution in [0, 0.1) is 0 Å². The van der Waals surface area contributed by atoms with Crippen LogP contribution in [0.1, 0.15) is 41.7 Å². The molecule has 0 unspecified atom stereocenters. The van der Waals surface area contributed by atoms with E-state index >= 15 is 0 Å². The number of carbonyl (C=O) groups excluding carboxylic acids is 1. The van der Waals surface area contributed by atoms with Crippen molar-refractivity contribution >= 4 is 5.91 Å². The summed E-state index contributed by atoms with van der Waals surface area (Å²) < 4.78 is 1.92. The van der Waals surface area contributed by atoms with E-state index in [1.807, 2.05) is 48.4 Å². The molecule has 4 rings (SSSR count). The molecule has 1 atom stereocenters. The zero-order chi connectivity index (χ0) is 17.3. The zero-order valence-corrected chi connectivity index (χ0v) is 14.9. The van der Waals surface area contributed by atoms with E-state index in [4.69, 9.17) is 0 Å². The van der Waals surface area contributed by atoms with E-state index in [1.165, 1.54) is 24.8 Å². The molecular formula is C20H26N4O. The van der Waals surface area contributed by atoms with E-state index in [-0.39, 0.29) is 11.4 Å². The molecule has 5 heteroatoms. The van der Waals surface area contributed by atoms with Crippen molar-refractivity contribution in [1.29, 1.82) is 0 Å². The van der Waals surface area contributed by atoms with E-state index in [0.29, 0.717) is 0 Å². The molecule has 0 radical (unpaired) electrons. The molecule has 0 aliphatic carbocycles. The quantitative estimate of drug-likeness (QED) is 0.864. The highest BCUT2D eigenvalue weighted by molar-refractivity contribution is 5.92. The fraction of sp³-hybridized carbons (Fsp3) is 0.500. The molecule has 2 saturated heterocycles. The van der Waals surface area contributed by atoms with E-state index in [0.717, 1.165) is 38.3 Å². The van der Waals surface area contributed by atoms with E-state index in [9.17, 15) is 4.79 Å². The Balaban J connectivity index is 1.52. The van der Waals surface area contributed by atoms with Gasteiger partial charge in [-0.2, -0.15) is 0 Å². The number of pyridine rings is 1. The van der Waals surface area contributed by atoms with Crippen LogP contribution < -0.4 is 0 Å². The van der Waals surface area contributed by atoms with Gasteiger partial charge in [0.2, 0.25) is 0 Å². The summed E-state index contributed by atoms with van der Waals surface area (Å²) in [6, 6.07) is 8.02. The SMILES string of the molecule is Cn1cccc1C(=O)N1CCC[C@]2(CCCN2Cc2cccnc2)C1. The third kappa shape index (κ3) is 3.09. The average molecular weight is 338 g/mol. The van der Waals surface area contributed by atoms with Gasteiger partial charge in [0.25, 0.3) is 5.91 Å². The van der Waals surface area contributed by atoms with Crippen LogP contribution in [-0.4, -0.2) is 50.4 Å². The third-order valence-corrected chi connectivity index (χ3v) is 5.84. The number of hydrogen-bond acceptors (Lipinski definition) is 3. The van der Waals surface area contributed by atoms with Gasteiger partial charge in [-0.25, -0.2) is 0 Å². The Labute approximate surface area is 149 Å². The minimum Gasteiger partial charge on any atom is -0.347 e. The molecule has 1 amide bonds. The van der Waals surface area contributed by atoms with Gasteiger partial charge in [-0.3, -0.25) is 14.7 Å². The molecule has 0 N–H and O–H groups in total. The second-order valence-corrected chi connectivity index (χ2v) is 7.45. The molecule has 2 fully saturated rings. The van der Waals surface area contributed by atoms with Crippen molar-refractivity contribution in [3.8, 4) is 0 Å². The molecule has 5 nitrogen and oxygen atoms in total. The van der Waals surface area contributed by atoms with Gasteiger partial charge in [-0.05, 0) is 56.0 Å². The van der Waals surface area contributed by atoms with Crippen LogP contribution in [0.15, 0.2) is 42.9 Å². The minimum atomic E-state index is 0.134. The number of rotatable bonds is 3. The summed E-state index contributed by atoms with van der Waals surface area (Å²) in [5.41, 5.74) is 2.18. The van der Waals surface area contributed by atoms with Crippen molar-refractivity contribution in [2.45, 2.75) is 37.8 Å². The lowest BCUT2D eigenvalue weighted by atomic mass is 9.86. The normalized spacial score (nSPS) is 24.1. The molecular weight excluding hydrogens is 312 g/mol. The lowest BCUT2D eigenvalue weighted by Gasteiger charge is -2.46. The largest absolute Gasteiger partial charge is 0.347 e. The molecule has 2 aromatic rings. The summed E-state index contributed by atoms with van der Waals surface area (Å²) in [5, 5.41) is 0. The summed E-state index contributed by atoms with van der Waals surface area (Å²) in [4.78, 5) is 21.9. The Hall–Kier alpha value is -2.14. The Bertz CT molecular complexity index is 741. The maximum atomic E-state index is 13.0. The molecule has 0 bridgehead atoms. The van der Waals surface area contributed by atoms with Crippen LogP contribution in [-0.2, 0) is 13.6 Å². The molecule has 2 aromatic heterocycles. The number of nitrogens with zero attached hydrogens (tertiary/aromatic N) is 4. The second-order valence-electron chi connectivity index (χ2n) is 7.45. The first-order valence-corrected chi connectivity index (χ1v) is 9.23. The van der Waals surface area contributed by atoms with Gasteiger partial charge in [0.05, 0.1) is 0 Å². The summed E-state index contributed by atoms with van der Waals surface area (Å²) in [7, 11) is 1.94. The van der Waals surface area contributed by atoms with Gasteiger partial charge < -0.3 is 9.47 Å². The van der Waals surface area contributed by atoms with Gasteiger partial charge in [-0.15, -0.1) is 0 Å². The number of carbonyl (C=O) groups is 1. The van der Waals surface area contributed by atoms with Crippen LogP contribution in [0.4, 0.5) is 0 Å². The first kappa shape index (κ1) is 16.3. The number of likely N-dealkylation sites (tertiary alicyclic amines) is 2. The van der Waals surface area contributed by atoms with Gasteiger partial charge in [0.15, 0.2) is 0 Å². The average Bonchev–Trinajstić information content (AvgIpc) is 3.22. The molecule has 2 aliphatic heterocycles. The molecule has 2 aliphatic rings. The fourth-order valence-corrected chi connectivity index (χ4v) is 4.55. The lowest BCUT2D eigenvalue weighted by molar-refractivity contribution is 0.0290. The van der Waals surface area contributed by atoms with Crippen LogP contribution >= 0.6 is 0 Å². The monoisotopic (exact) mass is 338 g/mol. The van der Waals surface area contributed by atoms with Crippen LogP contribution in [0.25, 0.3) is 0 Å². The molecule has 132 valence electrons. The zero-order valence-electron chi connectivity index (χ0n) is 14.9. The summed E-state index contributed by atoms with van der Waals surface area (Å²) in [5.74, 6) is 0.166. The van der Waals surface area contributed by atoms with Crippen molar-refractivity contribution in [3.63, 3.8) is 0 Å². The highest BCUT2D eigenvalue weighted by Crippen LogP contribution is 2.38. The first-order valence-electron chi connectivity index (χ1n) is 9.23. The van der Waals surface area contributed by atoms with Crippen molar-refractivity contribution in [2.75, 3.05) is 19.6 Å². The Morgan fingerprint density at radius 1 is 1.20 bits per heavy atom. The van der Waals surface area contributed by atoms with E-state index < -0.39 is 0 Å². The molecule has 25 heavy (non-hydrogen) atoms. The van der Waals surface area contributed by atoms with Crippen molar-refractivity contribution in [1.82, 2.24) is 19.4 Å². The lowest BCUT2D eigenvalue weighted by Crippen LogP contribution is -2.56. The van der Waals surface area contributed by atoms with E-state index in [2.05, 4.69) is 20.9 Å². The summed E-state index contributed by atoms with van der Waals surface area (Å²) in [6.45, 7) is 3.75. The van der Waals surface area contributed by atoms with Crippen LogP contribution in [0.5, 0.6) is 0 Å². The van der Waals surface area contributed by atoms with Crippen molar-refractivity contribution in [3.05, 3.63) is 54.1 Å². The molecule has 0 aromatic carbocycles. The standard InChI is InChI=1S/C20H26N4O/c1-22-11-3-7-18(22)19(25)23-12-4-8-20(16-23)9-5-13-24(20)15-17-6-2-10-21-14-17/h2-3,6-7,10-11,14H,4-5,8-9,12-13,15-16H2,1H3/t20-/m0/s1. The van der Waals surface area contributed by atoms with Crippen molar-refractivity contribution < 1.29 is 4.79 Å². The molecule has 0 saturated carbocycles. The number of aromatic nitrogens is 2. The Morgan fingerprint density at radius 2 is 2.04 bits per heavy atom. The van der Waals surface area contributed by atoms with Crippen molar-refractivity contribution in [2.24, 2.45) is 7.05 Å². The van der Waals surface area contributed by atoms with Gasteiger partial charge in [-0.1, -0.05) is 6.07 Å². The van der Waals surface area contributed by atoms with Crippen LogP contribution in [0.2, 0.25) is 0 Å². The topological polar surface area (TPSA) is 41.4 Å². The van der Waals surface area contributed by atoms with Gasteiger partial charge in [0, 0.05) is 50.8 Å². The Morgan fingerprint density at radius 3 is 2.76 bits per heavy atom. The third-order valence-electron chi connectivity index (χ3n) is 5.84. The highest BCUT2D eigenvalue weighted by atomic mass is 16.2. The van der Waals surface area contributed by atoms with E-state index in [1.54, 1.807) is 0 Å². The maximum Gasteiger partial charge on any atom is 0.270 e.